The summed E-state index contributed by atoms with van der Waals surface area (Å²) in [6.45, 7) is 8.70. The fourth-order valence-corrected chi connectivity index (χ4v) is 2.53. The molecule has 0 saturated carbocycles. The second kappa shape index (κ2) is 5.35. The molecule has 0 aromatic heterocycles. The van der Waals surface area contributed by atoms with Crippen LogP contribution in [-0.4, -0.2) is 24.3 Å². The molecule has 0 unspecified atom stereocenters. The number of aryl methyl sites for hydroxylation is 3. The molecule has 1 saturated heterocycles. The van der Waals surface area contributed by atoms with Gasteiger partial charge in [0.2, 0.25) is 0 Å². The lowest BCUT2D eigenvalue weighted by molar-refractivity contribution is 0.240. The first-order valence-corrected chi connectivity index (χ1v) is 6.53. The van der Waals surface area contributed by atoms with E-state index in [1.807, 2.05) is 6.21 Å². The van der Waals surface area contributed by atoms with E-state index in [4.69, 9.17) is 0 Å². The maximum Gasteiger partial charge on any atom is 0.0548 e. The van der Waals surface area contributed by atoms with Crippen molar-refractivity contribution in [3.8, 4) is 0 Å². The average molecular weight is 230 g/mol. The van der Waals surface area contributed by atoms with Crippen molar-refractivity contribution in [2.75, 3.05) is 13.1 Å². The average Bonchev–Trinajstić information content (AvgIpc) is 2.29. The van der Waals surface area contributed by atoms with Crippen molar-refractivity contribution in [1.82, 2.24) is 5.01 Å². The van der Waals surface area contributed by atoms with Crippen molar-refractivity contribution in [1.29, 1.82) is 0 Å². The van der Waals surface area contributed by atoms with Crippen LogP contribution in [0.4, 0.5) is 0 Å². The second-order valence-corrected chi connectivity index (χ2v) is 5.07. The lowest BCUT2D eigenvalue weighted by Gasteiger charge is -2.23. The fraction of sp³-hybridized carbons (Fsp3) is 0.533. The molecular weight excluding hydrogens is 208 g/mol. The molecule has 17 heavy (non-hydrogen) atoms. The predicted octanol–water partition coefficient (Wildman–Crippen LogP) is 3.43. The molecular formula is C15H22N2. The zero-order chi connectivity index (χ0) is 12.3. The minimum Gasteiger partial charge on any atom is -0.297 e. The molecule has 1 fully saturated rings. The summed E-state index contributed by atoms with van der Waals surface area (Å²) in [5, 5.41) is 6.81. The van der Waals surface area contributed by atoms with E-state index in [0.717, 1.165) is 13.1 Å². The molecule has 0 amide bonds. The van der Waals surface area contributed by atoms with Gasteiger partial charge in [0.05, 0.1) is 6.21 Å². The van der Waals surface area contributed by atoms with Crippen LogP contribution in [0.25, 0.3) is 0 Å². The van der Waals surface area contributed by atoms with E-state index in [0.29, 0.717) is 0 Å². The van der Waals surface area contributed by atoms with Crippen LogP contribution in [0.5, 0.6) is 0 Å². The van der Waals surface area contributed by atoms with Gasteiger partial charge in [-0.3, -0.25) is 5.01 Å². The maximum absolute atomic E-state index is 4.61. The lowest BCUT2D eigenvalue weighted by Crippen LogP contribution is -2.24. The first-order chi connectivity index (χ1) is 8.16. The zero-order valence-corrected chi connectivity index (χ0v) is 11.2. The van der Waals surface area contributed by atoms with Crippen molar-refractivity contribution in [3.05, 3.63) is 34.4 Å². The Morgan fingerprint density at radius 1 is 1.00 bits per heavy atom. The number of piperidine rings is 1. The van der Waals surface area contributed by atoms with E-state index in [9.17, 15) is 0 Å². The molecule has 1 aromatic carbocycles. The van der Waals surface area contributed by atoms with Gasteiger partial charge in [-0.05, 0) is 51.2 Å². The van der Waals surface area contributed by atoms with Crippen molar-refractivity contribution in [2.45, 2.75) is 40.0 Å². The van der Waals surface area contributed by atoms with Crippen molar-refractivity contribution in [3.63, 3.8) is 0 Å². The molecule has 92 valence electrons. The normalized spacial score (nSPS) is 16.8. The zero-order valence-electron chi connectivity index (χ0n) is 11.2. The molecule has 0 atom stereocenters. The predicted molar refractivity (Wildman–Crippen MR) is 73.7 cm³/mol. The summed E-state index contributed by atoms with van der Waals surface area (Å²) in [5.41, 5.74) is 5.25. The van der Waals surface area contributed by atoms with Gasteiger partial charge in [-0.15, -0.1) is 0 Å². The Balaban J connectivity index is 2.14. The number of nitrogens with zero attached hydrogens (tertiary/aromatic N) is 2. The first kappa shape index (κ1) is 12.2. The Hall–Kier alpha value is -1.31. The van der Waals surface area contributed by atoms with Gasteiger partial charge in [-0.2, -0.15) is 5.10 Å². The first-order valence-electron chi connectivity index (χ1n) is 6.53. The molecule has 1 aliphatic heterocycles. The number of benzene rings is 1. The Bertz CT molecular complexity index is 392. The molecule has 1 aliphatic rings. The summed E-state index contributed by atoms with van der Waals surface area (Å²) in [5.74, 6) is 0. The molecule has 0 radical (unpaired) electrons. The molecule has 1 aromatic rings. The van der Waals surface area contributed by atoms with Crippen LogP contribution < -0.4 is 0 Å². The van der Waals surface area contributed by atoms with Gasteiger partial charge in [-0.1, -0.05) is 17.7 Å². The van der Waals surface area contributed by atoms with Gasteiger partial charge in [0, 0.05) is 18.7 Å². The monoisotopic (exact) mass is 230 g/mol. The molecule has 1 heterocycles. The quantitative estimate of drug-likeness (QED) is 0.711. The minimum atomic E-state index is 1.11. The van der Waals surface area contributed by atoms with E-state index in [1.54, 1.807) is 0 Å². The highest BCUT2D eigenvalue weighted by atomic mass is 15.4. The molecule has 0 spiro atoms. The number of hydrogen-bond acceptors (Lipinski definition) is 2. The summed E-state index contributed by atoms with van der Waals surface area (Å²) in [6.07, 6.45) is 5.95. The topological polar surface area (TPSA) is 15.6 Å². The number of hydrogen-bond donors (Lipinski definition) is 0. The van der Waals surface area contributed by atoms with Crippen LogP contribution in [0, 0.1) is 20.8 Å². The third-order valence-electron chi connectivity index (χ3n) is 3.42. The smallest absolute Gasteiger partial charge is 0.0548 e. The molecule has 0 bridgehead atoms. The van der Waals surface area contributed by atoms with Crippen LogP contribution in [0.1, 0.15) is 41.5 Å². The van der Waals surface area contributed by atoms with E-state index in [1.165, 1.54) is 41.5 Å². The van der Waals surface area contributed by atoms with Gasteiger partial charge in [-0.25, -0.2) is 0 Å². The Kier molecular flexibility index (Phi) is 3.82. The Morgan fingerprint density at radius 2 is 1.59 bits per heavy atom. The second-order valence-electron chi connectivity index (χ2n) is 5.07. The van der Waals surface area contributed by atoms with Gasteiger partial charge in [0.15, 0.2) is 0 Å². The van der Waals surface area contributed by atoms with E-state index < -0.39 is 0 Å². The summed E-state index contributed by atoms with van der Waals surface area (Å²) in [4.78, 5) is 0. The van der Waals surface area contributed by atoms with Crippen molar-refractivity contribution < 1.29 is 0 Å². The fourth-order valence-electron chi connectivity index (χ4n) is 2.53. The van der Waals surface area contributed by atoms with Crippen molar-refractivity contribution >= 4 is 6.21 Å². The summed E-state index contributed by atoms with van der Waals surface area (Å²) in [7, 11) is 0. The highest BCUT2D eigenvalue weighted by Crippen LogP contribution is 2.15. The number of rotatable bonds is 2. The Labute approximate surface area is 104 Å². The standard InChI is InChI=1S/C15H22N2/c1-12-9-13(2)15(14(3)10-12)11-16-17-7-5-4-6-8-17/h9-11H,4-8H2,1-3H3. The Morgan fingerprint density at radius 3 is 2.18 bits per heavy atom. The summed E-state index contributed by atoms with van der Waals surface area (Å²) >= 11 is 0. The molecule has 0 aliphatic carbocycles. The SMILES string of the molecule is Cc1cc(C)c(C=NN2CCCCC2)c(C)c1. The van der Waals surface area contributed by atoms with Crippen molar-refractivity contribution in [2.24, 2.45) is 5.10 Å². The third kappa shape index (κ3) is 3.09. The van der Waals surface area contributed by atoms with Gasteiger partial charge in [0.25, 0.3) is 0 Å². The molecule has 2 nitrogen and oxygen atoms in total. The van der Waals surface area contributed by atoms with Crippen LogP contribution in [0.3, 0.4) is 0 Å². The van der Waals surface area contributed by atoms with Crippen LogP contribution in [0.2, 0.25) is 0 Å². The maximum atomic E-state index is 4.61. The largest absolute Gasteiger partial charge is 0.297 e. The highest BCUT2D eigenvalue weighted by molar-refractivity contribution is 5.83. The molecule has 2 rings (SSSR count). The molecule has 2 heteroatoms. The third-order valence-corrected chi connectivity index (χ3v) is 3.42. The van der Waals surface area contributed by atoms with Crippen LogP contribution in [0.15, 0.2) is 17.2 Å². The van der Waals surface area contributed by atoms with E-state index in [-0.39, 0.29) is 0 Å². The van der Waals surface area contributed by atoms with Crippen LogP contribution >= 0.6 is 0 Å². The number of hydrazone groups is 1. The van der Waals surface area contributed by atoms with E-state index in [2.05, 4.69) is 43.0 Å². The van der Waals surface area contributed by atoms with Gasteiger partial charge in [0.1, 0.15) is 0 Å². The summed E-state index contributed by atoms with van der Waals surface area (Å²) in [6, 6.07) is 4.45. The minimum absolute atomic E-state index is 1.11. The molecule has 0 N–H and O–H groups in total. The van der Waals surface area contributed by atoms with Crippen LogP contribution in [-0.2, 0) is 0 Å². The lowest BCUT2D eigenvalue weighted by atomic mass is 10.0. The van der Waals surface area contributed by atoms with E-state index >= 15 is 0 Å². The summed E-state index contributed by atoms with van der Waals surface area (Å²) < 4.78 is 0. The van der Waals surface area contributed by atoms with Gasteiger partial charge < -0.3 is 0 Å². The highest BCUT2D eigenvalue weighted by Gasteiger charge is 2.07. The van der Waals surface area contributed by atoms with Gasteiger partial charge >= 0.3 is 0 Å².